The van der Waals surface area contributed by atoms with E-state index in [9.17, 15) is 4.79 Å². The highest BCUT2D eigenvalue weighted by Crippen LogP contribution is 2.35. The molecule has 0 aliphatic carbocycles. The van der Waals surface area contributed by atoms with Crippen LogP contribution in [0.15, 0.2) is 71.1 Å². The molecule has 0 saturated heterocycles. The highest BCUT2D eigenvalue weighted by atomic mass is 16.5. The van der Waals surface area contributed by atoms with Crippen LogP contribution in [0, 0.1) is 0 Å². The van der Waals surface area contributed by atoms with E-state index in [1.165, 1.54) is 0 Å². The summed E-state index contributed by atoms with van der Waals surface area (Å²) in [7, 11) is 3.13. The van der Waals surface area contributed by atoms with Crippen LogP contribution in [0.3, 0.4) is 0 Å². The fourth-order valence-corrected chi connectivity index (χ4v) is 3.51. The number of Topliss-reactive ketones (excluding diaryl/α,β-unsaturated/α-hetero) is 1. The number of methoxy groups -OCH3 is 2. The lowest BCUT2D eigenvalue weighted by Crippen LogP contribution is -2.07. The lowest BCUT2D eigenvalue weighted by molar-refractivity contribution is 0.105. The van der Waals surface area contributed by atoms with Crippen LogP contribution < -0.4 is 14.2 Å². The molecule has 6 heteroatoms. The van der Waals surface area contributed by atoms with E-state index in [4.69, 9.17) is 18.6 Å². The number of ketones is 1. The summed E-state index contributed by atoms with van der Waals surface area (Å²) in [6.07, 6.45) is 1.76. The standard InChI is InChI=1S/C27H25NO5/c1-17(2)32-20-14-12-18(13-15-20)25(29)21(27-28-22-9-5-6-10-23(22)33-27)16-19-8-7-11-24(30-3)26(19)31-4/h5-17H,1-4H3. The van der Waals surface area contributed by atoms with E-state index < -0.39 is 0 Å². The maximum absolute atomic E-state index is 13.6. The van der Waals surface area contributed by atoms with Crippen molar-refractivity contribution >= 4 is 28.5 Å². The van der Waals surface area contributed by atoms with Gasteiger partial charge < -0.3 is 18.6 Å². The number of ether oxygens (including phenoxy) is 3. The molecule has 0 bridgehead atoms. The summed E-state index contributed by atoms with van der Waals surface area (Å²) in [6, 6.07) is 19.9. The second-order valence-electron chi connectivity index (χ2n) is 7.65. The molecule has 3 aromatic carbocycles. The molecule has 4 rings (SSSR count). The van der Waals surface area contributed by atoms with Crippen molar-refractivity contribution in [2.24, 2.45) is 0 Å². The molecule has 0 aliphatic rings. The lowest BCUT2D eigenvalue weighted by atomic mass is 10.00. The van der Waals surface area contributed by atoms with E-state index in [1.807, 2.05) is 50.2 Å². The molecule has 0 aliphatic heterocycles. The predicted octanol–water partition coefficient (Wildman–Crippen LogP) is 6.06. The van der Waals surface area contributed by atoms with Gasteiger partial charge in [-0.05, 0) is 62.4 Å². The number of oxazole rings is 1. The van der Waals surface area contributed by atoms with Gasteiger partial charge in [0.05, 0.1) is 25.9 Å². The molecule has 0 spiro atoms. The second-order valence-corrected chi connectivity index (χ2v) is 7.65. The van der Waals surface area contributed by atoms with E-state index >= 15 is 0 Å². The Morgan fingerprint density at radius 2 is 1.70 bits per heavy atom. The molecular formula is C27H25NO5. The lowest BCUT2D eigenvalue weighted by Gasteiger charge is -2.12. The summed E-state index contributed by atoms with van der Waals surface area (Å²) < 4.78 is 22.6. The first-order chi connectivity index (χ1) is 16.0. The maximum Gasteiger partial charge on any atom is 0.231 e. The highest BCUT2D eigenvalue weighted by molar-refractivity contribution is 6.31. The van der Waals surface area contributed by atoms with E-state index in [0.717, 1.165) is 0 Å². The summed E-state index contributed by atoms with van der Waals surface area (Å²) in [5.74, 6) is 1.77. The zero-order valence-electron chi connectivity index (χ0n) is 19.0. The Balaban J connectivity index is 1.83. The number of benzene rings is 3. The second kappa shape index (κ2) is 9.61. The van der Waals surface area contributed by atoms with Crippen molar-refractivity contribution in [1.82, 2.24) is 4.98 Å². The summed E-state index contributed by atoms with van der Waals surface area (Å²) in [5, 5.41) is 0. The Hall–Kier alpha value is -4.06. The summed E-state index contributed by atoms with van der Waals surface area (Å²) in [6.45, 7) is 3.91. The van der Waals surface area contributed by atoms with Gasteiger partial charge in [-0.2, -0.15) is 0 Å². The molecule has 0 N–H and O–H groups in total. The zero-order valence-corrected chi connectivity index (χ0v) is 19.0. The number of hydrogen-bond donors (Lipinski definition) is 0. The molecule has 1 heterocycles. The predicted molar refractivity (Wildman–Crippen MR) is 128 cm³/mol. The molecular weight excluding hydrogens is 418 g/mol. The normalized spacial score (nSPS) is 11.6. The van der Waals surface area contributed by atoms with Crippen LogP contribution in [0.5, 0.6) is 17.2 Å². The van der Waals surface area contributed by atoms with E-state index in [-0.39, 0.29) is 17.8 Å². The highest BCUT2D eigenvalue weighted by Gasteiger charge is 2.22. The van der Waals surface area contributed by atoms with Gasteiger partial charge in [0, 0.05) is 11.1 Å². The summed E-state index contributed by atoms with van der Waals surface area (Å²) in [5.41, 5.74) is 2.73. The van der Waals surface area contributed by atoms with Gasteiger partial charge >= 0.3 is 0 Å². The number of allylic oxidation sites excluding steroid dienone is 1. The van der Waals surface area contributed by atoms with Gasteiger partial charge in [-0.15, -0.1) is 0 Å². The molecule has 0 unspecified atom stereocenters. The molecule has 6 nitrogen and oxygen atoms in total. The Kier molecular flexibility index (Phi) is 6.45. The first-order valence-corrected chi connectivity index (χ1v) is 10.6. The van der Waals surface area contributed by atoms with Gasteiger partial charge in [0.15, 0.2) is 22.9 Å². The van der Waals surface area contributed by atoms with Crippen molar-refractivity contribution in [3.05, 3.63) is 83.7 Å². The quantitative estimate of drug-likeness (QED) is 0.244. The Morgan fingerprint density at radius 3 is 2.36 bits per heavy atom. The zero-order chi connectivity index (χ0) is 23.4. The Bertz CT molecular complexity index is 1270. The van der Waals surface area contributed by atoms with E-state index in [0.29, 0.717) is 45.0 Å². The fraction of sp³-hybridized carbons (Fsp3) is 0.185. The number of rotatable bonds is 8. The van der Waals surface area contributed by atoms with Gasteiger partial charge in [-0.1, -0.05) is 24.3 Å². The van der Waals surface area contributed by atoms with Crippen LogP contribution in [-0.2, 0) is 0 Å². The van der Waals surface area contributed by atoms with Gasteiger partial charge in [-0.3, -0.25) is 4.79 Å². The third kappa shape index (κ3) is 4.75. The average molecular weight is 443 g/mol. The number of fused-ring (bicyclic) bond motifs is 1. The maximum atomic E-state index is 13.6. The molecule has 33 heavy (non-hydrogen) atoms. The van der Waals surface area contributed by atoms with Crippen LogP contribution in [0.1, 0.15) is 35.7 Å². The summed E-state index contributed by atoms with van der Waals surface area (Å²) in [4.78, 5) is 18.2. The average Bonchev–Trinajstić information content (AvgIpc) is 3.26. The Labute approximate surface area is 192 Å². The SMILES string of the molecule is COc1cccc(C=C(C(=O)c2ccc(OC(C)C)cc2)c2nc3ccccc3o2)c1OC. The largest absolute Gasteiger partial charge is 0.493 e. The van der Waals surface area contributed by atoms with Crippen LogP contribution in [0.4, 0.5) is 0 Å². The minimum Gasteiger partial charge on any atom is -0.493 e. The molecule has 0 saturated carbocycles. The molecule has 4 aromatic rings. The van der Waals surface area contributed by atoms with Gasteiger partial charge in [0.1, 0.15) is 11.3 Å². The van der Waals surface area contributed by atoms with Crippen molar-refractivity contribution < 1.29 is 23.4 Å². The number of aromatic nitrogens is 1. The minimum absolute atomic E-state index is 0.0438. The van der Waals surface area contributed by atoms with Crippen molar-refractivity contribution in [1.29, 1.82) is 0 Å². The third-order valence-electron chi connectivity index (χ3n) is 4.99. The first-order valence-electron chi connectivity index (χ1n) is 10.6. The summed E-state index contributed by atoms with van der Waals surface area (Å²) >= 11 is 0. The first kappa shape index (κ1) is 22.1. The van der Waals surface area contributed by atoms with Crippen LogP contribution in [0.25, 0.3) is 22.7 Å². The van der Waals surface area contributed by atoms with Crippen LogP contribution in [0.2, 0.25) is 0 Å². The van der Waals surface area contributed by atoms with E-state index in [2.05, 4.69) is 4.98 Å². The number of carbonyl (C=O) groups excluding carboxylic acids is 1. The van der Waals surface area contributed by atoms with Crippen LogP contribution >= 0.6 is 0 Å². The van der Waals surface area contributed by atoms with Crippen molar-refractivity contribution in [3.8, 4) is 17.2 Å². The molecule has 0 fully saturated rings. The van der Waals surface area contributed by atoms with Crippen molar-refractivity contribution in [3.63, 3.8) is 0 Å². The topological polar surface area (TPSA) is 70.8 Å². The number of para-hydroxylation sites is 3. The molecule has 168 valence electrons. The third-order valence-corrected chi connectivity index (χ3v) is 4.99. The fourth-order valence-electron chi connectivity index (χ4n) is 3.51. The van der Waals surface area contributed by atoms with Crippen LogP contribution in [-0.4, -0.2) is 31.1 Å². The van der Waals surface area contributed by atoms with E-state index in [1.54, 1.807) is 50.6 Å². The van der Waals surface area contributed by atoms with Gasteiger partial charge in [0.2, 0.25) is 5.89 Å². The molecule has 0 atom stereocenters. The number of carbonyl (C=O) groups is 1. The Morgan fingerprint density at radius 1 is 0.939 bits per heavy atom. The molecule has 0 amide bonds. The number of nitrogens with zero attached hydrogens (tertiary/aromatic N) is 1. The monoisotopic (exact) mass is 443 g/mol. The molecule has 0 radical (unpaired) electrons. The number of hydrogen-bond acceptors (Lipinski definition) is 6. The van der Waals surface area contributed by atoms with Crippen molar-refractivity contribution in [2.75, 3.05) is 14.2 Å². The smallest absolute Gasteiger partial charge is 0.231 e. The van der Waals surface area contributed by atoms with Gasteiger partial charge in [0.25, 0.3) is 0 Å². The minimum atomic E-state index is -0.234. The van der Waals surface area contributed by atoms with Crippen molar-refractivity contribution in [2.45, 2.75) is 20.0 Å². The van der Waals surface area contributed by atoms with Gasteiger partial charge in [-0.25, -0.2) is 4.98 Å². The molecule has 1 aromatic heterocycles.